The first-order valence-electron chi connectivity index (χ1n) is 15.4. The molecule has 0 aromatic carbocycles. The van der Waals surface area contributed by atoms with E-state index in [9.17, 15) is 9.46 Å². The van der Waals surface area contributed by atoms with E-state index in [1.54, 1.807) is 0 Å². The van der Waals surface area contributed by atoms with Crippen molar-refractivity contribution in [2.75, 3.05) is 27.2 Å². The maximum Gasteiger partial charge on any atom is 0.472 e. The monoisotopic (exact) mass is 537 g/mol. The lowest BCUT2D eigenvalue weighted by molar-refractivity contribution is -0.0574. The zero-order chi connectivity index (χ0) is 27.0. The average molecular weight is 538 g/mol. The summed E-state index contributed by atoms with van der Waals surface area (Å²) in [5, 5.41) is 0. The Balaban J connectivity index is 1.39. The van der Waals surface area contributed by atoms with Gasteiger partial charge in [0.05, 0.1) is 12.7 Å². The topological polar surface area (TPSA) is 59.0 Å². The number of rotatable bonds is 11. The molecule has 0 radical (unpaired) electrons. The van der Waals surface area contributed by atoms with Crippen LogP contribution >= 0.6 is 7.82 Å². The highest BCUT2D eigenvalue weighted by Crippen LogP contribution is 2.67. The van der Waals surface area contributed by atoms with Gasteiger partial charge in [-0.15, -0.1) is 0 Å². The molecular formula is C31H56NO4P. The molecule has 2 unspecified atom stereocenters. The Morgan fingerprint density at radius 3 is 2.54 bits per heavy atom. The Kier molecular flexibility index (Phi) is 9.45. The second-order valence-corrected chi connectivity index (χ2v) is 15.8. The fourth-order valence-electron chi connectivity index (χ4n) is 9.30. The average Bonchev–Trinajstić information content (AvgIpc) is 3.15. The van der Waals surface area contributed by atoms with Gasteiger partial charge in [0.2, 0.25) is 0 Å². The molecule has 0 bridgehead atoms. The van der Waals surface area contributed by atoms with Crippen molar-refractivity contribution in [1.29, 1.82) is 0 Å². The van der Waals surface area contributed by atoms with Gasteiger partial charge in [-0.05, 0) is 112 Å². The Morgan fingerprint density at radius 1 is 1.08 bits per heavy atom. The summed E-state index contributed by atoms with van der Waals surface area (Å²) >= 11 is 0. The Morgan fingerprint density at radius 2 is 1.84 bits per heavy atom. The summed E-state index contributed by atoms with van der Waals surface area (Å²) in [5.74, 6) is 4.96. The van der Waals surface area contributed by atoms with E-state index in [4.69, 9.17) is 9.05 Å². The minimum Gasteiger partial charge on any atom is -0.307 e. The summed E-state index contributed by atoms with van der Waals surface area (Å²) in [7, 11) is -0.179. The minimum atomic E-state index is -4.02. The largest absolute Gasteiger partial charge is 0.472 e. The molecule has 37 heavy (non-hydrogen) atoms. The van der Waals surface area contributed by atoms with E-state index in [-0.39, 0.29) is 18.1 Å². The van der Waals surface area contributed by atoms with Crippen LogP contribution in [0.2, 0.25) is 0 Å². The van der Waals surface area contributed by atoms with Gasteiger partial charge in [0.25, 0.3) is 0 Å². The fraction of sp³-hybridized carbons (Fsp3) is 0.935. The first-order valence-corrected chi connectivity index (χ1v) is 16.8. The van der Waals surface area contributed by atoms with Crippen molar-refractivity contribution in [2.45, 2.75) is 111 Å². The first-order chi connectivity index (χ1) is 17.4. The van der Waals surface area contributed by atoms with Crippen LogP contribution in [0.3, 0.4) is 0 Å². The highest BCUT2D eigenvalue weighted by Gasteiger charge is 2.59. The molecule has 0 saturated heterocycles. The van der Waals surface area contributed by atoms with Gasteiger partial charge in [0, 0.05) is 6.54 Å². The lowest BCUT2D eigenvalue weighted by Crippen LogP contribution is -2.51. The normalized spacial score (nSPS) is 40.1. The summed E-state index contributed by atoms with van der Waals surface area (Å²) in [5.41, 5.74) is 2.21. The van der Waals surface area contributed by atoms with Crippen LogP contribution in [-0.2, 0) is 13.6 Å². The maximum absolute atomic E-state index is 12.5. The second kappa shape index (κ2) is 11.7. The molecule has 0 aromatic heterocycles. The third kappa shape index (κ3) is 6.43. The van der Waals surface area contributed by atoms with Gasteiger partial charge >= 0.3 is 7.82 Å². The predicted octanol–water partition coefficient (Wildman–Crippen LogP) is 8.09. The van der Waals surface area contributed by atoms with Gasteiger partial charge in [0.15, 0.2) is 0 Å². The van der Waals surface area contributed by atoms with Crippen LogP contribution in [0.1, 0.15) is 105 Å². The second-order valence-electron chi connectivity index (χ2n) is 14.4. The van der Waals surface area contributed by atoms with Crippen LogP contribution < -0.4 is 0 Å². The predicted molar refractivity (Wildman–Crippen MR) is 152 cm³/mol. The van der Waals surface area contributed by atoms with Crippen molar-refractivity contribution in [2.24, 2.45) is 46.3 Å². The quantitative estimate of drug-likeness (QED) is 0.213. The van der Waals surface area contributed by atoms with Crippen molar-refractivity contribution in [1.82, 2.24) is 4.90 Å². The molecule has 0 aromatic rings. The molecule has 0 heterocycles. The number of phosphoric ester groups is 1. The van der Waals surface area contributed by atoms with Crippen LogP contribution in [0.15, 0.2) is 11.6 Å². The highest BCUT2D eigenvalue weighted by atomic mass is 31.2. The molecular weight excluding hydrogens is 481 g/mol. The summed E-state index contributed by atoms with van der Waals surface area (Å²) in [6.45, 7) is 13.2. The molecule has 9 atom stereocenters. The molecule has 4 rings (SSSR count). The number of allylic oxidation sites excluding steroid dienone is 1. The number of phosphoric acid groups is 1. The Bertz CT molecular complexity index is 858. The third-order valence-corrected chi connectivity index (χ3v) is 12.4. The molecule has 0 aliphatic heterocycles. The summed E-state index contributed by atoms with van der Waals surface area (Å²) in [4.78, 5) is 12.2. The molecule has 0 spiro atoms. The summed E-state index contributed by atoms with van der Waals surface area (Å²) < 4.78 is 23.5. The van der Waals surface area contributed by atoms with E-state index in [0.29, 0.717) is 12.0 Å². The molecule has 0 amide bonds. The Hall–Kier alpha value is -0.190. The van der Waals surface area contributed by atoms with Crippen LogP contribution in [0.25, 0.3) is 0 Å². The van der Waals surface area contributed by atoms with Gasteiger partial charge in [-0.1, -0.05) is 65.5 Å². The smallest absolute Gasteiger partial charge is 0.307 e. The van der Waals surface area contributed by atoms with E-state index >= 15 is 0 Å². The number of fused-ring (bicyclic) bond motifs is 5. The molecule has 4 aliphatic carbocycles. The Labute approximate surface area is 227 Å². The van der Waals surface area contributed by atoms with Gasteiger partial charge in [0.1, 0.15) is 0 Å². The molecule has 214 valence electrons. The van der Waals surface area contributed by atoms with Crippen molar-refractivity contribution in [3.05, 3.63) is 11.6 Å². The van der Waals surface area contributed by atoms with Gasteiger partial charge in [-0.3, -0.25) is 9.05 Å². The molecule has 3 fully saturated rings. The van der Waals surface area contributed by atoms with Gasteiger partial charge in [-0.2, -0.15) is 0 Å². The van der Waals surface area contributed by atoms with E-state index < -0.39 is 7.82 Å². The molecule has 1 N–H and O–H groups in total. The van der Waals surface area contributed by atoms with Gasteiger partial charge < -0.3 is 9.79 Å². The number of hydrogen-bond donors (Lipinski definition) is 1. The van der Waals surface area contributed by atoms with Crippen molar-refractivity contribution in [3.8, 4) is 0 Å². The molecule has 4 aliphatic rings. The summed E-state index contributed by atoms with van der Waals surface area (Å²) in [6, 6.07) is 0. The van der Waals surface area contributed by atoms with E-state index in [1.807, 2.05) is 19.0 Å². The fourth-order valence-corrected chi connectivity index (χ4v) is 10.2. The summed E-state index contributed by atoms with van der Waals surface area (Å²) in [6.07, 6.45) is 15.9. The number of hydrogen-bond acceptors (Lipinski definition) is 4. The maximum atomic E-state index is 12.5. The first kappa shape index (κ1) is 29.8. The standard InChI is InChI=1S/C31H56NO4P/c1-22(2)9-8-10-23(3)27-13-14-28-26-12-11-24-21-25(36-37(33,34)35-20-19-32(6)7)15-17-30(24,4)29(26)16-18-31(27,28)5/h11,22-23,25-29H,8-10,12-21H2,1-7H3,(H,33,34)/t23-,25?,26+,27-,28+,29+,30+,31-/m1/s1. The van der Waals surface area contributed by atoms with Crippen LogP contribution in [0.5, 0.6) is 0 Å². The van der Waals surface area contributed by atoms with Crippen LogP contribution in [-0.4, -0.2) is 43.1 Å². The number of likely N-dealkylation sites (N-methyl/N-ethyl adjacent to an activating group) is 1. The lowest BCUT2D eigenvalue weighted by Gasteiger charge is -2.58. The zero-order valence-electron chi connectivity index (χ0n) is 24.9. The highest BCUT2D eigenvalue weighted by molar-refractivity contribution is 7.47. The van der Waals surface area contributed by atoms with Crippen molar-refractivity contribution < 1.29 is 18.5 Å². The number of nitrogens with zero attached hydrogens (tertiary/aromatic N) is 1. The van der Waals surface area contributed by atoms with E-state index in [1.165, 1.54) is 56.9 Å². The van der Waals surface area contributed by atoms with E-state index in [2.05, 4.69) is 40.7 Å². The minimum absolute atomic E-state index is 0.204. The van der Waals surface area contributed by atoms with Gasteiger partial charge in [-0.25, -0.2) is 4.57 Å². The molecule has 5 nitrogen and oxygen atoms in total. The van der Waals surface area contributed by atoms with E-state index in [0.717, 1.165) is 54.8 Å². The zero-order valence-corrected chi connectivity index (χ0v) is 25.8. The molecule has 3 saturated carbocycles. The van der Waals surface area contributed by atoms with Crippen LogP contribution in [0, 0.1) is 46.3 Å². The SMILES string of the molecule is CC(C)CCC[C@@H](C)[C@H]1CC[C@H]2[C@@H]3CC=C4CC(OP(=O)(O)OCCN(C)C)CC[C@]4(C)[C@H]3CC[C@]12C. The van der Waals surface area contributed by atoms with Crippen molar-refractivity contribution >= 4 is 7.82 Å². The molecule has 6 heteroatoms. The van der Waals surface area contributed by atoms with Crippen molar-refractivity contribution in [3.63, 3.8) is 0 Å². The lowest BCUT2D eigenvalue weighted by atomic mass is 9.47. The van der Waals surface area contributed by atoms with Crippen LogP contribution in [0.4, 0.5) is 0 Å². The third-order valence-electron chi connectivity index (χ3n) is 11.3.